The number of halogens is 1. The maximum absolute atomic E-state index is 12.5. The summed E-state index contributed by atoms with van der Waals surface area (Å²) in [7, 11) is -3.78. The van der Waals surface area contributed by atoms with Crippen molar-refractivity contribution in [1.82, 2.24) is 4.98 Å². The Kier molecular flexibility index (Phi) is 6.11. The molecule has 2 N–H and O–H groups in total. The molecule has 1 aliphatic heterocycles. The number of sulfonamides is 1. The molecule has 2 aromatic carbocycles. The second kappa shape index (κ2) is 8.95. The molecule has 31 heavy (non-hydrogen) atoms. The quantitative estimate of drug-likeness (QED) is 0.574. The van der Waals surface area contributed by atoms with E-state index in [2.05, 4.69) is 19.9 Å². The van der Waals surface area contributed by atoms with Gasteiger partial charge in [0.05, 0.1) is 16.8 Å². The van der Waals surface area contributed by atoms with Gasteiger partial charge in [-0.2, -0.15) is 0 Å². The minimum atomic E-state index is -3.78. The number of pyridine rings is 1. The molecule has 0 bridgehead atoms. The fourth-order valence-corrected chi connectivity index (χ4v) is 4.50. The van der Waals surface area contributed by atoms with Gasteiger partial charge in [0.25, 0.3) is 15.9 Å². The minimum Gasteiger partial charge on any atom is -0.357 e. The Labute approximate surface area is 186 Å². The molecule has 9 heteroatoms. The first-order chi connectivity index (χ1) is 14.9. The minimum absolute atomic E-state index is 0.0515. The van der Waals surface area contributed by atoms with Crippen molar-refractivity contribution in [1.29, 1.82) is 0 Å². The zero-order chi connectivity index (χ0) is 21.8. The van der Waals surface area contributed by atoms with Gasteiger partial charge < -0.3 is 10.2 Å². The topological polar surface area (TPSA) is 91.4 Å². The lowest BCUT2D eigenvalue weighted by atomic mass is 10.2. The number of hydrogen-bond donors (Lipinski definition) is 2. The number of nitrogens with zero attached hydrogens (tertiary/aromatic N) is 2. The molecule has 0 unspecified atom stereocenters. The van der Waals surface area contributed by atoms with Gasteiger partial charge in [-0.1, -0.05) is 11.6 Å². The summed E-state index contributed by atoms with van der Waals surface area (Å²) in [5.74, 6) is 0.559. The van der Waals surface area contributed by atoms with Crippen LogP contribution in [0, 0.1) is 0 Å². The van der Waals surface area contributed by atoms with Crippen LogP contribution >= 0.6 is 11.6 Å². The molecule has 4 rings (SSSR count). The Morgan fingerprint density at radius 2 is 1.55 bits per heavy atom. The van der Waals surface area contributed by atoms with Gasteiger partial charge in [-0.15, -0.1) is 0 Å². The summed E-state index contributed by atoms with van der Waals surface area (Å²) in [6, 6.07) is 15.8. The highest BCUT2D eigenvalue weighted by atomic mass is 35.5. The molecule has 2 heterocycles. The Bertz CT molecular complexity index is 1160. The highest BCUT2D eigenvalue weighted by Crippen LogP contribution is 2.21. The van der Waals surface area contributed by atoms with Crippen LogP contribution in [0.3, 0.4) is 0 Å². The lowest BCUT2D eigenvalue weighted by molar-refractivity contribution is 0.102. The second-order valence-corrected chi connectivity index (χ2v) is 9.31. The molecule has 0 aliphatic carbocycles. The van der Waals surface area contributed by atoms with Crippen molar-refractivity contribution in [3.05, 3.63) is 77.4 Å². The SMILES string of the molecule is O=C(Nc1ccc(N2CCCC2)nc1)c1ccc(S(=O)(=O)Nc2ccc(Cl)cc2)cc1. The molecule has 3 aromatic rings. The molecule has 1 fully saturated rings. The third-order valence-corrected chi connectivity index (χ3v) is 6.61. The molecule has 1 amide bonds. The van der Waals surface area contributed by atoms with Crippen molar-refractivity contribution in [2.75, 3.05) is 28.0 Å². The van der Waals surface area contributed by atoms with Gasteiger partial charge in [-0.05, 0) is 73.5 Å². The molecule has 0 atom stereocenters. The molecule has 160 valence electrons. The van der Waals surface area contributed by atoms with Crippen LogP contribution in [0.5, 0.6) is 0 Å². The Morgan fingerprint density at radius 3 is 2.16 bits per heavy atom. The van der Waals surface area contributed by atoms with Crippen LogP contribution in [0.1, 0.15) is 23.2 Å². The highest BCUT2D eigenvalue weighted by molar-refractivity contribution is 7.92. The van der Waals surface area contributed by atoms with Crippen LogP contribution in [0.4, 0.5) is 17.2 Å². The molecular formula is C22H21ClN4O3S. The highest BCUT2D eigenvalue weighted by Gasteiger charge is 2.16. The van der Waals surface area contributed by atoms with E-state index >= 15 is 0 Å². The maximum atomic E-state index is 12.5. The number of nitrogens with one attached hydrogen (secondary N) is 2. The Morgan fingerprint density at radius 1 is 0.903 bits per heavy atom. The van der Waals surface area contributed by atoms with Gasteiger partial charge in [0, 0.05) is 29.4 Å². The van der Waals surface area contributed by atoms with Crippen molar-refractivity contribution in [3.8, 4) is 0 Å². The lowest BCUT2D eigenvalue weighted by Crippen LogP contribution is -2.19. The second-order valence-electron chi connectivity index (χ2n) is 7.19. The van der Waals surface area contributed by atoms with Crippen molar-refractivity contribution in [2.24, 2.45) is 0 Å². The Balaban J connectivity index is 1.41. The smallest absolute Gasteiger partial charge is 0.261 e. The molecule has 1 saturated heterocycles. The number of benzene rings is 2. The van der Waals surface area contributed by atoms with E-state index in [1.807, 2.05) is 12.1 Å². The number of carbonyl (C=O) groups excluding carboxylic acids is 1. The monoisotopic (exact) mass is 456 g/mol. The van der Waals surface area contributed by atoms with Crippen LogP contribution in [0.25, 0.3) is 0 Å². The number of amides is 1. The van der Waals surface area contributed by atoms with E-state index in [1.54, 1.807) is 30.5 Å². The predicted molar refractivity (Wildman–Crippen MR) is 122 cm³/mol. The molecule has 7 nitrogen and oxygen atoms in total. The number of carbonyl (C=O) groups is 1. The maximum Gasteiger partial charge on any atom is 0.261 e. The third-order valence-electron chi connectivity index (χ3n) is 4.96. The van der Waals surface area contributed by atoms with Gasteiger partial charge in [-0.25, -0.2) is 13.4 Å². The summed E-state index contributed by atoms with van der Waals surface area (Å²) in [6.45, 7) is 2.00. The zero-order valence-electron chi connectivity index (χ0n) is 16.6. The van der Waals surface area contributed by atoms with Gasteiger partial charge in [0.2, 0.25) is 0 Å². The average Bonchev–Trinajstić information content (AvgIpc) is 3.31. The van der Waals surface area contributed by atoms with Crippen LogP contribution in [0.15, 0.2) is 71.8 Å². The standard InChI is InChI=1S/C22H21ClN4O3S/c23-17-5-7-18(8-6-17)26-31(29,30)20-10-3-16(4-11-20)22(28)25-19-9-12-21(24-15-19)27-13-1-2-14-27/h3-12,15,26H,1-2,13-14H2,(H,25,28). The summed E-state index contributed by atoms with van der Waals surface area (Å²) in [4.78, 5) is 19.2. The van der Waals surface area contributed by atoms with Crippen molar-refractivity contribution < 1.29 is 13.2 Å². The summed E-state index contributed by atoms with van der Waals surface area (Å²) < 4.78 is 27.6. The molecular weight excluding hydrogens is 436 g/mol. The van der Waals surface area contributed by atoms with Gasteiger partial charge in [-0.3, -0.25) is 9.52 Å². The summed E-state index contributed by atoms with van der Waals surface area (Å²) in [5.41, 5.74) is 1.32. The predicted octanol–water partition coefficient (Wildman–Crippen LogP) is 4.39. The van der Waals surface area contributed by atoms with E-state index in [9.17, 15) is 13.2 Å². The number of aromatic nitrogens is 1. The number of rotatable bonds is 6. The number of hydrogen-bond acceptors (Lipinski definition) is 5. The lowest BCUT2D eigenvalue weighted by Gasteiger charge is -2.16. The first kappa shape index (κ1) is 21.1. The molecule has 0 saturated carbocycles. The summed E-state index contributed by atoms with van der Waals surface area (Å²) in [5, 5.41) is 3.29. The fraction of sp³-hybridized carbons (Fsp3) is 0.182. The number of anilines is 3. The van der Waals surface area contributed by atoms with Crippen molar-refractivity contribution >= 4 is 44.7 Å². The average molecular weight is 457 g/mol. The van der Waals surface area contributed by atoms with Gasteiger partial charge >= 0.3 is 0 Å². The summed E-state index contributed by atoms with van der Waals surface area (Å²) in [6.07, 6.45) is 3.96. The van der Waals surface area contributed by atoms with Crippen molar-refractivity contribution in [2.45, 2.75) is 17.7 Å². The van der Waals surface area contributed by atoms with Gasteiger partial charge in [0.1, 0.15) is 5.82 Å². The van der Waals surface area contributed by atoms with E-state index in [0.717, 1.165) is 18.9 Å². The fourth-order valence-electron chi connectivity index (χ4n) is 3.31. The molecule has 0 radical (unpaired) electrons. The van der Waals surface area contributed by atoms with E-state index in [4.69, 9.17) is 11.6 Å². The summed E-state index contributed by atoms with van der Waals surface area (Å²) >= 11 is 5.82. The van der Waals surface area contributed by atoms with E-state index < -0.39 is 10.0 Å². The normalized spacial score (nSPS) is 13.8. The van der Waals surface area contributed by atoms with E-state index in [0.29, 0.717) is 22.0 Å². The van der Waals surface area contributed by atoms with Crippen molar-refractivity contribution in [3.63, 3.8) is 0 Å². The molecule has 1 aromatic heterocycles. The molecule has 0 spiro atoms. The van der Waals surface area contributed by atoms with Crippen LogP contribution in [-0.2, 0) is 10.0 Å². The van der Waals surface area contributed by atoms with E-state index in [-0.39, 0.29) is 10.8 Å². The third kappa shape index (κ3) is 5.15. The van der Waals surface area contributed by atoms with Gasteiger partial charge in [0.15, 0.2) is 0 Å². The van der Waals surface area contributed by atoms with E-state index in [1.165, 1.54) is 37.1 Å². The first-order valence-corrected chi connectivity index (χ1v) is 11.7. The first-order valence-electron chi connectivity index (χ1n) is 9.81. The van der Waals surface area contributed by atoms with Crippen LogP contribution in [0.2, 0.25) is 5.02 Å². The Hall–Kier alpha value is -3.10. The molecule has 1 aliphatic rings. The van der Waals surface area contributed by atoms with Crippen LogP contribution < -0.4 is 14.9 Å². The zero-order valence-corrected chi connectivity index (χ0v) is 18.2. The largest absolute Gasteiger partial charge is 0.357 e. The van der Waals surface area contributed by atoms with Crippen LogP contribution in [-0.4, -0.2) is 32.4 Å².